The average Bonchev–Trinajstić information content (AvgIpc) is 2.21. The molecule has 0 N–H and O–H groups in total. The molecule has 0 saturated heterocycles. The van der Waals surface area contributed by atoms with Crippen molar-refractivity contribution >= 4 is 21.4 Å². The lowest BCUT2D eigenvalue weighted by molar-refractivity contribution is 0.597. The van der Waals surface area contributed by atoms with E-state index in [1.54, 1.807) is 6.07 Å². The van der Waals surface area contributed by atoms with Crippen LogP contribution in [0.3, 0.4) is 0 Å². The lowest BCUT2D eigenvalue weighted by Gasteiger charge is -1.92. The summed E-state index contributed by atoms with van der Waals surface area (Å²) < 4.78 is 22.2. The first kappa shape index (κ1) is 7.94. The van der Waals surface area contributed by atoms with E-state index in [9.17, 15) is 8.42 Å². The lowest BCUT2D eigenvalue weighted by atomic mass is 10.3. The Hall–Kier alpha value is -0.680. The summed E-state index contributed by atoms with van der Waals surface area (Å²) in [6, 6.07) is 1.55. The third-order valence-corrected chi connectivity index (χ3v) is 3.31. The highest BCUT2D eigenvalue weighted by Crippen LogP contribution is 2.23. The molecule has 4 nitrogen and oxygen atoms in total. The molecule has 0 bridgehead atoms. The van der Waals surface area contributed by atoms with Crippen LogP contribution in [0.15, 0.2) is 6.07 Å². The van der Waals surface area contributed by atoms with E-state index in [4.69, 9.17) is 11.6 Å². The Kier molecular flexibility index (Phi) is 1.59. The number of nitrogens with zero attached hydrogens (tertiary/aromatic N) is 2. The fourth-order valence-electron chi connectivity index (χ4n) is 1.17. The number of sulfone groups is 1. The molecule has 0 saturated carbocycles. The maximum absolute atomic E-state index is 11.1. The molecular formula is C6H5ClN2O2S. The second kappa shape index (κ2) is 2.40. The van der Waals surface area contributed by atoms with Crippen molar-refractivity contribution < 1.29 is 8.42 Å². The number of halogens is 1. The van der Waals surface area contributed by atoms with Gasteiger partial charge in [-0.3, -0.25) is 0 Å². The number of fused-ring (bicyclic) bond motifs is 1. The molecule has 1 aliphatic heterocycles. The second-order valence-corrected chi connectivity index (χ2v) is 5.12. The van der Waals surface area contributed by atoms with Gasteiger partial charge in [-0.05, 0) is 11.6 Å². The summed E-state index contributed by atoms with van der Waals surface area (Å²) in [5.74, 6) is 0.0318. The van der Waals surface area contributed by atoms with Gasteiger partial charge in [-0.1, -0.05) is 11.6 Å². The molecule has 1 aliphatic rings. The third kappa shape index (κ3) is 1.30. The first-order valence-corrected chi connectivity index (χ1v) is 5.48. The fraction of sp³-hybridized carbons (Fsp3) is 0.333. The summed E-state index contributed by atoms with van der Waals surface area (Å²) in [5.41, 5.74) is 1.20. The molecule has 6 heteroatoms. The number of hydrogen-bond acceptors (Lipinski definition) is 4. The number of aromatic nitrogens is 2. The van der Waals surface area contributed by atoms with Gasteiger partial charge in [0, 0.05) is 0 Å². The normalized spacial score (nSPS) is 19.1. The molecular weight excluding hydrogens is 200 g/mol. The Labute approximate surface area is 74.5 Å². The number of rotatable bonds is 0. The van der Waals surface area contributed by atoms with Crippen molar-refractivity contribution in [1.82, 2.24) is 10.2 Å². The quantitative estimate of drug-likeness (QED) is 0.620. The highest BCUT2D eigenvalue weighted by atomic mass is 35.5. The third-order valence-electron chi connectivity index (χ3n) is 1.66. The summed E-state index contributed by atoms with van der Waals surface area (Å²) in [6.45, 7) is 0. The maximum Gasteiger partial charge on any atom is 0.160 e. The van der Waals surface area contributed by atoms with Gasteiger partial charge >= 0.3 is 0 Å². The molecule has 0 fully saturated rings. The van der Waals surface area contributed by atoms with Gasteiger partial charge in [-0.2, -0.15) is 5.10 Å². The van der Waals surface area contributed by atoms with Crippen LogP contribution in [0.25, 0.3) is 0 Å². The smallest absolute Gasteiger partial charge is 0.160 e. The van der Waals surface area contributed by atoms with Crippen LogP contribution in [0.2, 0.25) is 5.15 Å². The van der Waals surface area contributed by atoms with Crippen molar-refractivity contribution in [3.05, 3.63) is 22.5 Å². The minimum absolute atomic E-state index is 0.00744. The summed E-state index contributed by atoms with van der Waals surface area (Å²) in [7, 11) is -2.98. The van der Waals surface area contributed by atoms with E-state index in [1.165, 1.54) is 0 Å². The van der Waals surface area contributed by atoms with Gasteiger partial charge in [-0.15, -0.1) is 5.10 Å². The van der Waals surface area contributed by atoms with Gasteiger partial charge in [0.05, 0.1) is 17.2 Å². The summed E-state index contributed by atoms with van der Waals surface area (Å²) >= 11 is 5.55. The standard InChI is InChI=1S/C6H5ClN2O2S/c7-6-1-4-2-12(10,11)3-5(4)8-9-6/h1H,2-3H2. The molecule has 2 heterocycles. The topological polar surface area (TPSA) is 59.9 Å². The molecule has 0 amide bonds. The Morgan fingerprint density at radius 3 is 2.83 bits per heavy atom. The van der Waals surface area contributed by atoms with Gasteiger partial charge in [0.25, 0.3) is 0 Å². The van der Waals surface area contributed by atoms with Gasteiger partial charge < -0.3 is 0 Å². The van der Waals surface area contributed by atoms with Crippen LogP contribution in [-0.2, 0) is 21.3 Å². The molecule has 0 aliphatic carbocycles. The zero-order chi connectivity index (χ0) is 8.77. The first-order chi connectivity index (χ1) is 5.57. The Morgan fingerprint density at radius 2 is 2.08 bits per heavy atom. The molecule has 12 heavy (non-hydrogen) atoms. The van der Waals surface area contributed by atoms with E-state index >= 15 is 0 Å². The zero-order valence-corrected chi connectivity index (χ0v) is 7.56. The minimum atomic E-state index is -2.98. The van der Waals surface area contributed by atoms with E-state index < -0.39 is 9.84 Å². The predicted octanol–water partition coefficient (Wildman–Crippen LogP) is 0.558. The van der Waals surface area contributed by atoms with E-state index in [2.05, 4.69) is 10.2 Å². The summed E-state index contributed by atoms with van der Waals surface area (Å²) in [4.78, 5) is 0. The summed E-state index contributed by atoms with van der Waals surface area (Å²) in [6.07, 6.45) is 0. The Balaban J connectivity index is 2.56. The maximum atomic E-state index is 11.1. The molecule has 0 atom stereocenters. The zero-order valence-electron chi connectivity index (χ0n) is 5.99. The second-order valence-electron chi connectivity index (χ2n) is 2.67. The van der Waals surface area contributed by atoms with Crippen molar-refractivity contribution in [2.45, 2.75) is 11.5 Å². The minimum Gasteiger partial charge on any atom is -0.228 e. The van der Waals surface area contributed by atoms with Gasteiger partial charge in [0.1, 0.15) is 0 Å². The highest BCUT2D eigenvalue weighted by Gasteiger charge is 2.26. The van der Waals surface area contributed by atoms with Crippen LogP contribution in [0.1, 0.15) is 11.3 Å². The van der Waals surface area contributed by atoms with Gasteiger partial charge in [0.2, 0.25) is 0 Å². The van der Waals surface area contributed by atoms with E-state index in [0.717, 1.165) is 0 Å². The van der Waals surface area contributed by atoms with Crippen molar-refractivity contribution in [2.75, 3.05) is 0 Å². The van der Waals surface area contributed by atoms with Crippen molar-refractivity contribution in [2.24, 2.45) is 0 Å². The van der Waals surface area contributed by atoms with Crippen molar-refractivity contribution in [1.29, 1.82) is 0 Å². The van der Waals surface area contributed by atoms with E-state index in [1.807, 2.05) is 0 Å². The predicted molar refractivity (Wildman–Crippen MR) is 43.4 cm³/mol. The molecule has 1 aromatic rings. The van der Waals surface area contributed by atoms with E-state index in [-0.39, 0.29) is 16.7 Å². The van der Waals surface area contributed by atoms with Crippen molar-refractivity contribution in [3.8, 4) is 0 Å². The monoisotopic (exact) mass is 204 g/mol. The van der Waals surface area contributed by atoms with Crippen molar-refractivity contribution in [3.63, 3.8) is 0 Å². The molecule has 1 aromatic heterocycles. The molecule has 0 spiro atoms. The number of hydrogen-bond donors (Lipinski definition) is 0. The fourth-order valence-corrected chi connectivity index (χ4v) is 2.83. The molecule has 0 aromatic carbocycles. The van der Waals surface area contributed by atoms with Crippen LogP contribution in [0.5, 0.6) is 0 Å². The highest BCUT2D eigenvalue weighted by molar-refractivity contribution is 7.90. The largest absolute Gasteiger partial charge is 0.228 e. The summed E-state index contributed by atoms with van der Waals surface area (Å²) in [5, 5.41) is 7.50. The van der Waals surface area contributed by atoms with Crippen LogP contribution in [0.4, 0.5) is 0 Å². The molecule has 0 unspecified atom stereocenters. The van der Waals surface area contributed by atoms with Crippen LogP contribution < -0.4 is 0 Å². The Bertz CT molecular complexity index is 429. The Morgan fingerprint density at radius 1 is 1.33 bits per heavy atom. The molecule has 0 radical (unpaired) electrons. The average molecular weight is 205 g/mol. The molecule has 64 valence electrons. The first-order valence-electron chi connectivity index (χ1n) is 3.28. The molecule has 2 rings (SSSR count). The van der Waals surface area contributed by atoms with Crippen LogP contribution in [0, 0.1) is 0 Å². The van der Waals surface area contributed by atoms with Crippen LogP contribution >= 0.6 is 11.6 Å². The van der Waals surface area contributed by atoms with Gasteiger partial charge in [0.15, 0.2) is 15.0 Å². The van der Waals surface area contributed by atoms with Crippen LogP contribution in [-0.4, -0.2) is 18.6 Å². The SMILES string of the molecule is O=S1(=O)Cc2cc(Cl)nnc2C1. The van der Waals surface area contributed by atoms with Gasteiger partial charge in [-0.25, -0.2) is 8.42 Å². The lowest BCUT2D eigenvalue weighted by Crippen LogP contribution is -1.96. The van der Waals surface area contributed by atoms with E-state index in [0.29, 0.717) is 11.3 Å².